The number of likely N-dealkylation sites (tertiary alicyclic amines) is 1. The average Bonchev–Trinajstić information content (AvgIpc) is 3.26. The molecule has 3 rings (SSSR count). The van der Waals surface area contributed by atoms with E-state index < -0.39 is 6.04 Å². The molecule has 2 aliphatic rings. The summed E-state index contributed by atoms with van der Waals surface area (Å²) in [5.41, 5.74) is 0.672. The Morgan fingerprint density at radius 2 is 2.23 bits per heavy atom. The molecule has 0 bridgehead atoms. The van der Waals surface area contributed by atoms with Crippen molar-refractivity contribution in [3.63, 3.8) is 0 Å². The monoisotopic (exact) mass is 362 g/mol. The lowest BCUT2D eigenvalue weighted by molar-refractivity contribution is -0.141. The van der Waals surface area contributed by atoms with Crippen LogP contribution in [0.25, 0.3) is 0 Å². The number of carbonyl (C=O) groups excluding carboxylic acids is 2. The van der Waals surface area contributed by atoms with Gasteiger partial charge in [0.05, 0.1) is 24.5 Å². The molecule has 7 nitrogen and oxygen atoms in total. The Morgan fingerprint density at radius 3 is 2.92 bits per heavy atom. The number of hydrogen-bond acceptors (Lipinski definition) is 4. The maximum Gasteiger partial charge on any atom is 0.247 e. The minimum absolute atomic E-state index is 0.0890. The second kappa shape index (κ2) is 8.66. The summed E-state index contributed by atoms with van der Waals surface area (Å²) >= 11 is 0. The standard InChI is InChI=1S/C19H30N4O3/c1-14(2)10-17(23-8-4-3-7-18(23)24)19(25)21-15-11-20-22(12-15)13-16-6-5-9-26-16/h11-12,14,16-17H,3-10,13H2,1-2H3,(H,21,25). The van der Waals surface area contributed by atoms with Gasteiger partial charge in [0.2, 0.25) is 11.8 Å². The third-order valence-corrected chi connectivity index (χ3v) is 5.05. The van der Waals surface area contributed by atoms with Crippen molar-refractivity contribution in [1.29, 1.82) is 0 Å². The van der Waals surface area contributed by atoms with Gasteiger partial charge in [-0.05, 0) is 38.0 Å². The molecule has 1 N–H and O–H groups in total. The van der Waals surface area contributed by atoms with Gasteiger partial charge in [-0.15, -0.1) is 0 Å². The van der Waals surface area contributed by atoms with Crippen LogP contribution in [0, 0.1) is 5.92 Å². The van der Waals surface area contributed by atoms with Gasteiger partial charge < -0.3 is 15.0 Å². The summed E-state index contributed by atoms with van der Waals surface area (Å²) in [5.74, 6) is 0.305. The quantitative estimate of drug-likeness (QED) is 0.808. The SMILES string of the molecule is CC(C)CC(C(=O)Nc1cnn(CC2CCCO2)c1)N1CCCCC1=O. The molecule has 2 fully saturated rings. The Balaban J connectivity index is 1.63. The van der Waals surface area contributed by atoms with Crippen LogP contribution in [0.3, 0.4) is 0 Å². The highest BCUT2D eigenvalue weighted by Gasteiger charge is 2.32. The summed E-state index contributed by atoms with van der Waals surface area (Å²) < 4.78 is 7.44. The summed E-state index contributed by atoms with van der Waals surface area (Å²) in [6, 6.07) is -0.413. The molecule has 26 heavy (non-hydrogen) atoms. The number of amides is 2. The molecular weight excluding hydrogens is 332 g/mol. The Morgan fingerprint density at radius 1 is 1.38 bits per heavy atom. The van der Waals surface area contributed by atoms with Crippen LogP contribution in [0.2, 0.25) is 0 Å². The minimum atomic E-state index is -0.413. The third kappa shape index (κ3) is 4.84. The number of aromatic nitrogens is 2. The number of ether oxygens (including phenoxy) is 1. The van der Waals surface area contributed by atoms with Crippen LogP contribution in [-0.2, 0) is 20.9 Å². The molecule has 1 aromatic rings. The number of rotatable bonds is 7. The van der Waals surface area contributed by atoms with Gasteiger partial charge in [-0.1, -0.05) is 13.8 Å². The lowest BCUT2D eigenvalue weighted by Gasteiger charge is -2.34. The van der Waals surface area contributed by atoms with E-state index in [-0.39, 0.29) is 17.9 Å². The summed E-state index contributed by atoms with van der Waals surface area (Å²) in [6.07, 6.45) is 8.95. The number of piperidine rings is 1. The average molecular weight is 362 g/mol. The zero-order valence-electron chi connectivity index (χ0n) is 15.8. The van der Waals surface area contributed by atoms with Gasteiger partial charge in [0.1, 0.15) is 6.04 Å². The van der Waals surface area contributed by atoms with Crippen LogP contribution in [-0.4, -0.2) is 51.8 Å². The van der Waals surface area contributed by atoms with Crippen molar-refractivity contribution in [2.24, 2.45) is 5.92 Å². The highest BCUT2D eigenvalue weighted by Crippen LogP contribution is 2.21. The number of nitrogens with zero attached hydrogens (tertiary/aromatic N) is 3. The summed E-state index contributed by atoms with van der Waals surface area (Å²) in [4.78, 5) is 26.9. The molecule has 0 aromatic carbocycles. The first kappa shape index (κ1) is 18.9. The number of carbonyl (C=O) groups is 2. The topological polar surface area (TPSA) is 76.5 Å². The fraction of sp³-hybridized carbons (Fsp3) is 0.737. The summed E-state index contributed by atoms with van der Waals surface area (Å²) in [5, 5.41) is 7.28. The molecule has 2 saturated heterocycles. The predicted octanol–water partition coefficient (Wildman–Crippen LogP) is 2.43. The van der Waals surface area contributed by atoms with Crippen molar-refractivity contribution in [1.82, 2.24) is 14.7 Å². The molecule has 7 heteroatoms. The molecule has 2 aliphatic heterocycles. The van der Waals surface area contributed by atoms with E-state index in [9.17, 15) is 9.59 Å². The zero-order chi connectivity index (χ0) is 18.5. The first-order chi connectivity index (χ1) is 12.5. The highest BCUT2D eigenvalue weighted by molar-refractivity contribution is 5.97. The Bertz CT molecular complexity index is 622. The zero-order valence-corrected chi connectivity index (χ0v) is 15.8. The molecule has 3 heterocycles. The largest absolute Gasteiger partial charge is 0.376 e. The minimum Gasteiger partial charge on any atom is -0.376 e. The van der Waals surface area contributed by atoms with Crippen molar-refractivity contribution >= 4 is 17.5 Å². The number of nitrogens with one attached hydrogen (secondary N) is 1. The molecular formula is C19H30N4O3. The lowest BCUT2D eigenvalue weighted by atomic mass is 9.98. The van der Waals surface area contributed by atoms with E-state index in [0.29, 0.717) is 37.5 Å². The van der Waals surface area contributed by atoms with Gasteiger partial charge in [-0.25, -0.2) is 0 Å². The van der Waals surface area contributed by atoms with Crippen molar-refractivity contribution < 1.29 is 14.3 Å². The first-order valence-electron chi connectivity index (χ1n) is 9.77. The molecule has 144 valence electrons. The maximum atomic E-state index is 12.9. The van der Waals surface area contributed by atoms with Crippen molar-refractivity contribution in [3.05, 3.63) is 12.4 Å². The Labute approximate surface area is 155 Å². The van der Waals surface area contributed by atoms with Crippen molar-refractivity contribution in [2.75, 3.05) is 18.5 Å². The Kier molecular flexibility index (Phi) is 6.29. The van der Waals surface area contributed by atoms with Crippen molar-refractivity contribution in [3.8, 4) is 0 Å². The first-order valence-corrected chi connectivity index (χ1v) is 9.77. The summed E-state index contributed by atoms with van der Waals surface area (Å²) in [7, 11) is 0. The van der Waals surface area contributed by atoms with Crippen LogP contribution in [0.4, 0.5) is 5.69 Å². The van der Waals surface area contributed by atoms with Crippen molar-refractivity contribution in [2.45, 2.75) is 71.1 Å². The molecule has 0 spiro atoms. The van der Waals surface area contributed by atoms with E-state index in [1.165, 1.54) is 0 Å². The fourth-order valence-electron chi connectivity index (χ4n) is 3.73. The van der Waals surface area contributed by atoms with E-state index in [0.717, 1.165) is 32.3 Å². The fourth-order valence-corrected chi connectivity index (χ4v) is 3.73. The second-order valence-corrected chi connectivity index (χ2v) is 7.76. The van der Waals surface area contributed by atoms with E-state index in [1.807, 2.05) is 10.9 Å². The van der Waals surface area contributed by atoms with Crippen LogP contribution in [0.1, 0.15) is 52.4 Å². The van der Waals surface area contributed by atoms with E-state index >= 15 is 0 Å². The summed E-state index contributed by atoms with van der Waals surface area (Å²) in [6.45, 7) is 6.34. The molecule has 0 saturated carbocycles. The number of anilines is 1. The lowest BCUT2D eigenvalue weighted by Crippen LogP contribution is -2.49. The van der Waals surface area contributed by atoms with Crippen LogP contribution in [0.15, 0.2) is 12.4 Å². The maximum absolute atomic E-state index is 12.9. The molecule has 1 aromatic heterocycles. The third-order valence-electron chi connectivity index (χ3n) is 5.05. The van der Waals surface area contributed by atoms with Gasteiger partial charge in [-0.2, -0.15) is 5.10 Å². The van der Waals surface area contributed by atoms with Gasteiger partial charge >= 0.3 is 0 Å². The smallest absolute Gasteiger partial charge is 0.247 e. The van der Waals surface area contributed by atoms with Gasteiger partial charge in [0.25, 0.3) is 0 Å². The van der Waals surface area contributed by atoms with Crippen LogP contribution < -0.4 is 5.32 Å². The normalized spacial score (nSPS) is 22.0. The number of hydrogen-bond donors (Lipinski definition) is 1. The van der Waals surface area contributed by atoms with Gasteiger partial charge in [0, 0.05) is 25.8 Å². The van der Waals surface area contributed by atoms with Gasteiger partial charge in [0.15, 0.2) is 0 Å². The second-order valence-electron chi connectivity index (χ2n) is 7.76. The van der Waals surface area contributed by atoms with E-state index in [4.69, 9.17) is 4.74 Å². The predicted molar refractivity (Wildman–Crippen MR) is 98.6 cm³/mol. The Hall–Kier alpha value is -1.89. The molecule has 2 unspecified atom stereocenters. The molecule has 0 aliphatic carbocycles. The molecule has 2 amide bonds. The van der Waals surface area contributed by atoms with Crippen LogP contribution in [0.5, 0.6) is 0 Å². The molecule has 0 radical (unpaired) electrons. The van der Waals surface area contributed by atoms with Crippen LogP contribution >= 0.6 is 0 Å². The highest BCUT2D eigenvalue weighted by atomic mass is 16.5. The van der Waals surface area contributed by atoms with E-state index in [1.54, 1.807) is 11.1 Å². The molecule has 2 atom stereocenters. The van der Waals surface area contributed by atoms with E-state index in [2.05, 4.69) is 24.3 Å². The van der Waals surface area contributed by atoms with Gasteiger partial charge in [-0.3, -0.25) is 14.3 Å².